The summed E-state index contributed by atoms with van der Waals surface area (Å²) in [6.07, 6.45) is 1.44. The molecule has 0 aliphatic rings. The number of benzene rings is 2. The van der Waals surface area contributed by atoms with E-state index < -0.39 is 0 Å². The number of nitrogens with two attached hydrogens (primary N) is 1. The van der Waals surface area contributed by atoms with Gasteiger partial charge in [-0.3, -0.25) is 0 Å². The summed E-state index contributed by atoms with van der Waals surface area (Å²) in [6, 6.07) is 9.16. The molecule has 0 radical (unpaired) electrons. The first-order chi connectivity index (χ1) is 9.56. The van der Waals surface area contributed by atoms with Crippen LogP contribution in [0.2, 0.25) is 5.02 Å². The van der Waals surface area contributed by atoms with Gasteiger partial charge >= 0.3 is 0 Å². The van der Waals surface area contributed by atoms with E-state index in [9.17, 15) is 5.11 Å². The van der Waals surface area contributed by atoms with E-state index in [1.54, 1.807) is 12.1 Å². The Balaban J connectivity index is 2.25. The lowest BCUT2D eigenvalue weighted by Crippen LogP contribution is -1.93. The van der Waals surface area contributed by atoms with E-state index in [1.807, 2.05) is 25.1 Å². The molecule has 3 N–H and O–H groups in total. The number of nitrogens with zero attached hydrogens (tertiary/aromatic N) is 2. The number of phenols is 1. The van der Waals surface area contributed by atoms with E-state index in [-0.39, 0.29) is 5.75 Å². The molecule has 0 spiro atoms. The largest absolute Gasteiger partial charge is 0.506 e. The molecule has 0 saturated heterocycles. The summed E-state index contributed by atoms with van der Waals surface area (Å²) >= 11 is 5.99. The Hall–Kier alpha value is -2.33. The van der Waals surface area contributed by atoms with Crippen LogP contribution in [0.15, 0.2) is 36.7 Å². The fourth-order valence-electron chi connectivity index (χ4n) is 2.22. The van der Waals surface area contributed by atoms with Gasteiger partial charge in [0.1, 0.15) is 17.9 Å². The Bertz CT molecular complexity index is 818. The van der Waals surface area contributed by atoms with Gasteiger partial charge in [0.05, 0.1) is 10.5 Å². The second-order valence-corrected chi connectivity index (χ2v) is 5.02. The monoisotopic (exact) mass is 285 g/mol. The number of fused-ring (bicyclic) bond motifs is 1. The minimum atomic E-state index is 0.0801. The Morgan fingerprint density at radius 2 is 1.95 bits per heavy atom. The second-order valence-electron chi connectivity index (χ2n) is 4.61. The number of rotatable bonds is 1. The number of halogens is 1. The maximum Gasteiger partial charge on any atom is 0.134 e. The van der Waals surface area contributed by atoms with Gasteiger partial charge in [-0.1, -0.05) is 17.7 Å². The zero-order valence-corrected chi connectivity index (χ0v) is 11.5. The van der Waals surface area contributed by atoms with Crippen LogP contribution in [0.3, 0.4) is 0 Å². The van der Waals surface area contributed by atoms with Gasteiger partial charge in [0.15, 0.2) is 0 Å². The molecule has 0 fully saturated rings. The molecule has 0 atom stereocenters. The van der Waals surface area contributed by atoms with Gasteiger partial charge in [0.2, 0.25) is 0 Å². The van der Waals surface area contributed by atoms with Gasteiger partial charge in [-0.2, -0.15) is 0 Å². The highest BCUT2D eigenvalue weighted by Crippen LogP contribution is 2.34. The number of nitrogen functional groups attached to an aromatic ring is 1. The summed E-state index contributed by atoms with van der Waals surface area (Å²) in [4.78, 5) is 8.17. The third kappa shape index (κ3) is 2.04. The molecule has 20 heavy (non-hydrogen) atoms. The third-order valence-electron chi connectivity index (χ3n) is 3.27. The van der Waals surface area contributed by atoms with Crippen LogP contribution in [-0.2, 0) is 0 Å². The van der Waals surface area contributed by atoms with Crippen LogP contribution in [0.4, 0.5) is 5.82 Å². The average molecular weight is 286 g/mol. The van der Waals surface area contributed by atoms with E-state index in [1.165, 1.54) is 6.33 Å². The zero-order valence-electron chi connectivity index (χ0n) is 10.8. The third-order valence-corrected chi connectivity index (χ3v) is 3.57. The normalized spacial score (nSPS) is 10.9. The molecule has 0 aliphatic carbocycles. The van der Waals surface area contributed by atoms with Gasteiger partial charge in [-0.15, -0.1) is 0 Å². The van der Waals surface area contributed by atoms with Crippen LogP contribution >= 0.6 is 11.6 Å². The number of aryl methyl sites for hydroxylation is 1. The van der Waals surface area contributed by atoms with Crippen LogP contribution < -0.4 is 5.73 Å². The van der Waals surface area contributed by atoms with E-state index in [0.717, 1.165) is 27.6 Å². The molecule has 0 aliphatic heterocycles. The lowest BCUT2D eigenvalue weighted by atomic mass is 9.99. The molecule has 3 aromatic rings. The molecule has 3 rings (SSSR count). The highest BCUT2D eigenvalue weighted by molar-refractivity contribution is 6.32. The van der Waals surface area contributed by atoms with Crippen molar-refractivity contribution >= 4 is 28.3 Å². The van der Waals surface area contributed by atoms with E-state index >= 15 is 0 Å². The minimum absolute atomic E-state index is 0.0801. The predicted octanol–water partition coefficient (Wildman–Crippen LogP) is 3.55. The maximum atomic E-state index is 9.62. The molecule has 100 valence electrons. The van der Waals surface area contributed by atoms with Crippen LogP contribution in [-0.4, -0.2) is 15.1 Å². The Kier molecular flexibility index (Phi) is 2.95. The van der Waals surface area contributed by atoms with Gasteiger partial charge in [-0.25, -0.2) is 9.97 Å². The maximum absolute atomic E-state index is 9.62. The summed E-state index contributed by atoms with van der Waals surface area (Å²) in [6.45, 7) is 1.92. The van der Waals surface area contributed by atoms with Gasteiger partial charge < -0.3 is 10.8 Å². The second kappa shape index (κ2) is 4.65. The van der Waals surface area contributed by atoms with E-state index in [0.29, 0.717) is 10.8 Å². The van der Waals surface area contributed by atoms with Crippen molar-refractivity contribution in [2.75, 3.05) is 5.73 Å². The number of anilines is 1. The van der Waals surface area contributed by atoms with Crippen molar-refractivity contribution in [1.82, 2.24) is 9.97 Å². The number of hydrogen-bond donors (Lipinski definition) is 2. The van der Waals surface area contributed by atoms with Crippen LogP contribution in [0.5, 0.6) is 5.75 Å². The first-order valence-electron chi connectivity index (χ1n) is 6.06. The van der Waals surface area contributed by atoms with Crippen LogP contribution in [0, 0.1) is 6.92 Å². The molecule has 0 saturated carbocycles. The van der Waals surface area contributed by atoms with Crippen molar-refractivity contribution in [3.05, 3.63) is 47.2 Å². The molecule has 4 nitrogen and oxygen atoms in total. The zero-order chi connectivity index (χ0) is 14.3. The SMILES string of the molecule is Cc1cc(O)c(Cl)cc1-c1ccc2ncnc(N)c2c1. The van der Waals surface area contributed by atoms with Crippen molar-refractivity contribution in [3.63, 3.8) is 0 Å². The Morgan fingerprint density at radius 1 is 1.15 bits per heavy atom. The van der Waals surface area contributed by atoms with Gasteiger partial charge in [0.25, 0.3) is 0 Å². The first-order valence-corrected chi connectivity index (χ1v) is 6.44. The Labute approximate surface area is 120 Å². The first kappa shape index (κ1) is 12.7. The van der Waals surface area contributed by atoms with Gasteiger partial charge in [-0.05, 0) is 47.9 Å². The van der Waals surface area contributed by atoms with Crippen LogP contribution in [0.1, 0.15) is 5.56 Å². The molecular weight excluding hydrogens is 274 g/mol. The summed E-state index contributed by atoms with van der Waals surface area (Å²) < 4.78 is 0. The quantitative estimate of drug-likeness (QED) is 0.717. The molecule has 1 aromatic heterocycles. The molecular formula is C15H12ClN3O. The summed E-state index contributed by atoms with van der Waals surface area (Å²) in [7, 11) is 0. The van der Waals surface area contributed by atoms with Crippen molar-refractivity contribution in [1.29, 1.82) is 0 Å². The van der Waals surface area contributed by atoms with E-state index in [4.69, 9.17) is 17.3 Å². The fraction of sp³-hybridized carbons (Fsp3) is 0.0667. The topological polar surface area (TPSA) is 72.0 Å². The molecule has 0 bridgehead atoms. The lowest BCUT2D eigenvalue weighted by molar-refractivity contribution is 0.475. The fourth-order valence-corrected chi connectivity index (χ4v) is 2.39. The Morgan fingerprint density at radius 3 is 2.75 bits per heavy atom. The molecule has 0 unspecified atom stereocenters. The molecule has 2 aromatic carbocycles. The lowest BCUT2D eigenvalue weighted by Gasteiger charge is -2.09. The average Bonchev–Trinajstić information content (AvgIpc) is 2.43. The minimum Gasteiger partial charge on any atom is -0.506 e. The smallest absolute Gasteiger partial charge is 0.134 e. The number of aromatic nitrogens is 2. The van der Waals surface area contributed by atoms with Crippen molar-refractivity contribution < 1.29 is 5.11 Å². The van der Waals surface area contributed by atoms with Crippen molar-refractivity contribution in [2.45, 2.75) is 6.92 Å². The van der Waals surface area contributed by atoms with Crippen molar-refractivity contribution in [2.24, 2.45) is 0 Å². The summed E-state index contributed by atoms with van der Waals surface area (Å²) in [5, 5.41) is 10.7. The summed E-state index contributed by atoms with van der Waals surface area (Å²) in [5.74, 6) is 0.524. The number of aromatic hydroxyl groups is 1. The molecule has 1 heterocycles. The molecule has 0 amide bonds. The number of hydrogen-bond acceptors (Lipinski definition) is 4. The predicted molar refractivity (Wildman–Crippen MR) is 80.8 cm³/mol. The standard InChI is InChI=1S/C15H12ClN3O/c1-8-4-14(20)12(16)6-10(8)9-2-3-13-11(5-9)15(17)19-7-18-13/h2-7,20H,1H3,(H2,17,18,19). The number of phenolic OH excluding ortho intramolecular Hbond substituents is 1. The summed E-state index contributed by atoms with van der Waals surface area (Å²) in [5.41, 5.74) is 9.50. The van der Waals surface area contributed by atoms with Gasteiger partial charge in [0, 0.05) is 5.39 Å². The van der Waals surface area contributed by atoms with Crippen LogP contribution in [0.25, 0.3) is 22.0 Å². The highest BCUT2D eigenvalue weighted by atomic mass is 35.5. The van der Waals surface area contributed by atoms with E-state index in [2.05, 4.69) is 9.97 Å². The highest BCUT2D eigenvalue weighted by Gasteiger charge is 2.09. The molecule has 5 heteroatoms. The van der Waals surface area contributed by atoms with Crippen molar-refractivity contribution in [3.8, 4) is 16.9 Å².